The first-order chi connectivity index (χ1) is 15.5. The van der Waals surface area contributed by atoms with Crippen molar-refractivity contribution in [2.75, 3.05) is 11.9 Å². The Morgan fingerprint density at radius 2 is 1.79 bits per heavy atom. The molecule has 3 aromatic rings. The average Bonchev–Trinajstić information content (AvgIpc) is 3.30. The summed E-state index contributed by atoms with van der Waals surface area (Å²) in [6.45, 7) is 0.640. The molecule has 6 nitrogen and oxygen atoms in total. The molecule has 0 saturated carbocycles. The van der Waals surface area contributed by atoms with Gasteiger partial charge in [0.05, 0.1) is 6.04 Å². The van der Waals surface area contributed by atoms with Gasteiger partial charge in [-0.3, -0.25) is 14.6 Å². The fourth-order valence-corrected chi connectivity index (χ4v) is 4.07. The minimum Gasteiger partial charge on any atom is -0.336 e. The number of halogens is 3. The van der Waals surface area contributed by atoms with Crippen LogP contribution < -0.4 is 11.1 Å². The van der Waals surface area contributed by atoms with Crippen molar-refractivity contribution in [2.24, 2.45) is 5.73 Å². The van der Waals surface area contributed by atoms with Crippen LogP contribution in [0.15, 0.2) is 73.1 Å². The van der Waals surface area contributed by atoms with Gasteiger partial charge in [0.15, 0.2) is 0 Å². The van der Waals surface area contributed by atoms with Crippen LogP contribution in [0.1, 0.15) is 52.8 Å². The van der Waals surface area contributed by atoms with Gasteiger partial charge in [-0.1, -0.05) is 24.3 Å². The van der Waals surface area contributed by atoms with E-state index in [9.17, 15) is 14.0 Å². The molecular weight excluding hydrogens is 478 g/mol. The van der Waals surface area contributed by atoms with Gasteiger partial charge in [0, 0.05) is 42.7 Å². The molecule has 1 fully saturated rings. The van der Waals surface area contributed by atoms with Crippen LogP contribution in [-0.2, 0) is 4.79 Å². The number of nitrogens with zero attached hydrogens (tertiary/aromatic N) is 2. The lowest BCUT2D eigenvalue weighted by atomic mass is 10.0. The number of nitrogens with two attached hydrogens (primary N) is 1. The van der Waals surface area contributed by atoms with E-state index in [1.165, 1.54) is 12.1 Å². The predicted octanol–water partition coefficient (Wildman–Crippen LogP) is 5.07. The number of nitrogens with one attached hydrogen (secondary N) is 1. The zero-order valence-corrected chi connectivity index (χ0v) is 20.0. The van der Waals surface area contributed by atoms with E-state index < -0.39 is 6.04 Å². The van der Waals surface area contributed by atoms with E-state index in [2.05, 4.69) is 10.3 Å². The van der Waals surface area contributed by atoms with Gasteiger partial charge in [-0.25, -0.2) is 4.39 Å². The van der Waals surface area contributed by atoms with Gasteiger partial charge >= 0.3 is 0 Å². The normalized spacial score (nSPS) is 15.6. The molecule has 1 aromatic heterocycles. The maximum Gasteiger partial charge on any atom is 0.255 e. The second-order valence-electron chi connectivity index (χ2n) is 7.92. The molecule has 0 aliphatic carbocycles. The highest BCUT2D eigenvalue weighted by Crippen LogP contribution is 2.33. The molecule has 2 atom stereocenters. The highest BCUT2D eigenvalue weighted by molar-refractivity contribution is 6.04. The minimum atomic E-state index is -0.492. The van der Waals surface area contributed by atoms with Crippen molar-refractivity contribution >= 4 is 42.3 Å². The van der Waals surface area contributed by atoms with Crippen molar-refractivity contribution in [3.63, 3.8) is 0 Å². The van der Waals surface area contributed by atoms with Crippen LogP contribution in [0.3, 0.4) is 0 Å². The molecule has 1 aliphatic rings. The SMILES string of the molecule is Cl.Cl.N[C@@H](CC(=O)N1CCC[C@H]1c1cccc(F)c1)c1ccc(C(=O)Nc2ccncc2)cc1. The highest BCUT2D eigenvalue weighted by atomic mass is 35.5. The van der Waals surface area contributed by atoms with E-state index in [4.69, 9.17) is 5.73 Å². The molecule has 180 valence electrons. The van der Waals surface area contributed by atoms with Gasteiger partial charge < -0.3 is 16.0 Å². The standard InChI is InChI=1S/C25H25FN4O2.2ClH/c26-20-4-1-3-19(15-20)23-5-2-14-30(23)24(31)16-22(27)17-6-8-18(9-7-17)25(32)29-21-10-12-28-13-11-21;;/h1,3-4,6-13,15,22-23H,2,5,14,16,27H2,(H,28,29,32);2*1H/t22-,23-;;/m0../s1. The molecule has 0 radical (unpaired) electrons. The average molecular weight is 505 g/mol. The third-order valence-corrected chi connectivity index (χ3v) is 5.74. The summed E-state index contributed by atoms with van der Waals surface area (Å²) in [6.07, 6.45) is 5.05. The Bertz CT molecular complexity index is 1100. The maximum atomic E-state index is 13.6. The number of hydrogen-bond donors (Lipinski definition) is 2. The Morgan fingerprint density at radius 3 is 2.47 bits per heavy atom. The van der Waals surface area contributed by atoms with Gasteiger partial charge in [0.1, 0.15) is 5.82 Å². The first-order valence-electron chi connectivity index (χ1n) is 10.6. The van der Waals surface area contributed by atoms with Gasteiger partial charge in [-0.05, 0) is 60.4 Å². The number of benzene rings is 2. The summed E-state index contributed by atoms with van der Waals surface area (Å²) in [4.78, 5) is 31.1. The molecule has 2 amide bonds. The first-order valence-corrected chi connectivity index (χ1v) is 10.6. The van der Waals surface area contributed by atoms with Gasteiger partial charge in [-0.2, -0.15) is 0 Å². The van der Waals surface area contributed by atoms with E-state index in [0.29, 0.717) is 17.8 Å². The predicted molar refractivity (Wildman–Crippen MR) is 135 cm³/mol. The van der Waals surface area contributed by atoms with Crippen molar-refractivity contribution in [3.05, 3.63) is 95.6 Å². The molecule has 1 aliphatic heterocycles. The number of likely N-dealkylation sites (tertiary alicyclic amines) is 1. The Hall–Kier alpha value is -3.00. The van der Waals surface area contributed by atoms with Crippen molar-refractivity contribution < 1.29 is 14.0 Å². The fraction of sp³-hybridized carbons (Fsp3) is 0.240. The topological polar surface area (TPSA) is 88.3 Å². The van der Waals surface area contributed by atoms with E-state index in [1.807, 2.05) is 6.07 Å². The second-order valence-corrected chi connectivity index (χ2v) is 7.92. The van der Waals surface area contributed by atoms with Gasteiger partial charge in [0.2, 0.25) is 5.91 Å². The van der Waals surface area contributed by atoms with E-state index in [1.54, 1.807) is 59.8 Å². The summed E-state index contributed by atoms with van der Waals surface area (Å²) < 4.78 is 13.6. The molecular formula is C25H27Cl2FN4O2. The summed E-state index contributed by atoms with van der Waals surface area (Å²) in [5.41, 5.74) is 9.06. The monoisotopic (exact) mass is 504 g/mol. The van der Waals surface area contributed by atoms with Crippen molar-refractivity contribution in [1.29, 1.82) is 0 Å². The number of hydrogen-bond acceptors (Lipinski definition) is 4. The fourth-order valence-electron chi connectivity index (χ4n) is 4.07. The summed E-state index contributed by atoms with van der Waals surface area (Å²) in [5.74, 6) is -0.585. The number of aromatic nitrogens is 1. The second kappa shape index (κ2) is 12.5. The number of carbonyl (C=O) groups excluding carboxylic acids is 2. The molecule has 2 heterocycles. The van der Waals surface area contributed by atoms with Crippen molar-refractivity contribution in [2.45, 2.75) is 31.3 Å². The number of carbonyl (C=O) groups is 2. The Morgan fingerprint density at radius 1 is 1.09 bits per heavy atom. The molecule has 0 spiro atoms. The largest absolute Gasteiger partial charge is 0.336 e. The van der Waals surface area contributed by atoms with Crippen LogP contribution in [0.25, 0.3) is 0 Å². The summed E-state index contributed by atoms with van der Waals surface area (Å²) in [6, 6.07) is 16.2. The zero-order valence-electron chi connectivity index (χ0n) is 18.4. The van der Waals surface area contributed by atoms with E-state index in [0.717, 1.165) is 24.0 Å². The van der Waals surface area contributed by atoms with Crippen LogP contribution in [0.4, 0.5) is 10.1 Å². The van der Waals surface area contributed by atoms with Crippen molar-refractivity contribution in [1.82, 2.24) is 9.88 Å². The zero-order chi connectivity index (χ0) is 22.5. The molecule has 1 saturated heterocycles. The molecule has 4 rings (SSSR count). The van der Waals surface area contributed by atoms with Crippen LogP contribution in [-0.4, -0.2) is 28.2 Å². The maximum absolute atomic E-state index is 13.6. The minimum absolute atomic E-state index is 0. The summed E-state index contributed by atoms with van der Waals surface area (Å²) in [7, 11) is 0. The third-order valence-electron chi connectivity index (χ3n) is 5.74. The van der Waals surface area contributed by atoms with Gasteiger partial charge in [-0.15, -0.1) is 24.8 Å². The lowest BCUT2D eigenvalue weighted by Gasteiger charge is -2.26. The molecule has 3 N–H and O–H groups in total. The number of anilines is 1. The van der Waals surface area contributed by atoms with Crippen LogP contribution >= 0.6 is 24.8 Å². The third kappa shape index (κ3) is 6.53. The van der Waals surface area contributed by atoms with Crippen LogP contribution in [0, 0.1) is 5.82 Å². The highest BCUT2D eigenvalue weighted by Gasteiger charge is 2.31. The van der Waals surface area contributed by atoms with Crippen molar-refractivity contribution in [3.8, 4) is 0 Å². The van der Waals surface area contributed by atoms with Gasteiger partial charge in [0.25, 0.3) is 5.91 Å². The summed E-state index contributed by atoms with van der Waals surface area (Å²) >= 11 is 0. The first kappa shape index (κ1) is 27.2. The molecule has 0 unspecified atom stereocenters. The van der Waals surface area contributed by atoms with E-state index >= 15 is 0 Å². The Balaban J connectivity index is 0.00000204. The molecule has 9 heteroatoms. The lowest BCUT2D eigenvalue weighted by Crippen LogP contribution is -2.33. The smallest absolute Gasteiger partial charge is 0.255 e. The lowest BCUT2D eigenvalue weighted by molar-refractivity contribution is -0.132. The molecule has 34 heavy (non-hydrogen) atoms. The molecule has 0 bridgehead atoms. The summed E-state index contributed by atoms with van der Waals surface area (Å²) in [5, 5.41) is 2.80. The quantitative estimate of drug-likeness (QED) is 0.490. The van der Waals surface area contributed by atoms with Crippen LogP contribution in [0.2, 0.25) is 0 Å². The Kier molecular flexibility index (Phi) is 9.98. The van der Waals surface area contributed by atoms with Crippen LogP contribution in [0.5, 0.6) is 0 Å². The molecule has 2 aromatic carbocycles. The number of pyridine rings is 1. The number of amides is 2. The van der Waals surface area contributed by atoms with E-state index in [-0.39, 0.29) is 54.9 Å². The number of rotatable bonds is 6. The Labute approximate surface area is 210 Å².